The van der Waals surface area contributed by atoms with Gasteiger partial charge in [0, 0.05) is 19.8 Å². The van der Waals surface area contributed by atoms with E-state index >= 15 is 0 Å². The van der Waals surface area contributed by atoms with E-state index in [1.54, 1.807) is 0 Å². The van der Waals surface area contributed by atoms with Crippen LogP contribution in [-0.2, 0) is 42.8 Å². The average molecular weight is 1270 g/mol. The van der Waals surface area contributed by atoms with Crippen molar-refractivity contribution in [2.75, 3.05) is 26.4 Å². The van der Waals surface area contributed by atoms with Crippen molar-refractivity contribution in [3.05, 3.63) is 0 Å². The number of unbranched alkanes of at least 4 members (excludes halogenated alkanes) is 32. The molecule has 0 aromatic carbocycles. The zero-order chi connectivity index (χ0) is 64.7. The Morgan fingerprint density at radius 1 is 0.545 bits per heavy atom. The Morgan fingerprint density at radius 2 is 0.989 bits per heavy atom. The molecule has 518 valence electrons. The van der Waals surface area contributed by atoms with E-state index in [0.29, 0.717) is 19.3 Å². The SMILES string of the molecule is CCCCCCCCCCCCCCCCCCCCCCCC(=O)NC(COC1OC(CO)C(OC2OC(CO)C(O)C(OC3(C(=O)O)CC(O)C(NC(C)=O)C(C(O)C(O)CO)O3)C2O)C(O)C1O)C(O)CCCCCCCCCCCCCCC. The number of ether oxygens (including phenoxy) is 6. The van der Waals surface area contributed by atoms with Crippen LogP contribution in [-0.4, -0.2) is 215 Å². The van der Waals surface area contributed by atoms with E-state index in [4.69, 9.17) is 28.4 Å². The lowest BCUT2D eigenvalue weighted by molar-refractivity contribution is -0.386. The van der Waals surface area contributed by atoms with Crippen molar-refractivity contribution >= 4 is 17.8 Å². The van der Waals surface area contributed by atoms with Crippen LogP contribution in [0.3, 0.4) is 0 Å². The molecular formula is C65H122N2O21. The lowest BCUT2D eigenvalue weighted by Crippen LogP contribution is -2.70. The number of hydrogen-bond donors (Lipinski definition) is 14. The first-order valence-electron chi connectivity index (χ1n) is 34.4. The number of amides is 2. The van der Waals surface area contributed by atoms with Crippen molar-refractivity contribution in [3.8, 4) is 0 Å². The van der Waals surface area contributed by atoms with Gasteiger partial charge >= 0.3 is 5.97 Å². The summed E-state index contributed by atoms with van der Waals surface area (Å²) in [7, 11) is 0. The minimum Gasteiger partial charge on any atom is -0.477 e. The van der Waals surface area contributed by atoms with Gasteiger partial charge in [0.15, 0.2) is 12.6 Å². The predicted molar refractivity (Wildman–Crippen MR) is 329 cm³/mol. The second-order valence-electron chi connectivity index (χ2n) is 25.4. The molecule has 23 heteroatoms. The fourth-order valence-electron chi connectivity index (χ4n) is 12.3. The van der Waals surface area contributed by atoms with Crippen molar-refractivity contribution in [3.63, 3.8) is 0 Å². The Kier molecular flexibility index (Phi) is 42.5. The van der Waals surface area contributed by atoms with Crippen LogP contribution in [0.4, 0.5) is 0 Å². The van der Waals surface area contributed by atoms with Crippen molar-refractivity contribution in [1.82, 2.24) is 10.6 Å². The van der Waals surface area contributed by atoms with Crippen molar-refractivity contribution < 1.29 is 104 Å². The minimum atomic E-state index is -3.08. The monoisotopic (exact) mass is 1270 g/mol. The number of aliphatic hydroxyl groups is 11. The summed E-state index contributed by atoms with van der Waals surface area (Å²) in [5.74, 6) is -6.09. The van der Waals surface area contributed by atoms with Gasteiger partial charge in [0.2, 0.25) is 11.8 Å². The molecule has 18 atom stereocenters. The molecule has 0 aromatic rings. The van der Waals surface area contributed by atoms with Crippen LogP contribution < -0.4 is 10.6 Å². The van der Waals surface area contributed by atoms with Gasteiger partial charge in [0.1, 0.15) is 67.1 Å². The fourth-order valence-corrected chi connectivity index (χ4v) is 12.3. The highest BCUT2D eigenvalue weighted by atomic mass is 16.8. The second kappa shape index (κ2) is 46.7. The summed E-state index contributed by atoms with van der Waals surface area (Å²) in [6.07, 6.45) is 12.6. The lowest BCUT2D eigenvalue weighted by Gasteiger charge is -2.50. The van der Waals surface area contributed by atoms with Gasteiger partial charge in [-0.15, -0.1) is 0 Å². The van der Waals surface area contributed by atoms with Gasteiger partial charge < -0.3 is 100 Å². The number of hydrogen-bond acceptors (Lipinski definition) is 20. The molecule has 3 aliphatic heterocycles. The van der Waals surface area contributed by atoms with Crippen LogP contribution in [0, 0.1) is 0 Å². The Balaban J connectivity index is 1.58. The lowest BCUT2D eigenvalue weighted by atomic mass is 9.88. The summed E-state index contributed by atoms with van der Waals surface area (Å²) in [6, 6.07) is -2.52. The van der Waals surface area contributed by atoms with E-state index in [1.165, 1.54) is 161 Å². The summed E-state index contributed by atoms with van der Waals surface area (Å²) in [6.45, 7) is 2.21. The summed E-state index contributed by atoms with van der Waals surface area (Å²) in [5, 5.41) is 136. The third-order valence-corrected chi connectivity index (χ3v) is 17.8. The third-order valence-electron chi connectivity index (χ3n) is 17.8. The molecule has 3 saturated heterocycles. The Labute approximate surface area is 525 Å². The van der Waals surface area contributed by atoms with Gasteiger partial charge in [-0.05, 0) is 12.8 Å². The molecular weight excluding hydrogens is 1140 g/mol. The van der Waals surface area contributed by atoms with Crippen molar-refractivity contribution in [2.45, 2.75) is 368 Å². The van der Waals surface area contributed by atoms with Crippen molar-refractivity contribution in [1.29, 1.82) is 0 Å². The fraction of sp³-hybridized carbons (Fsp3) is 0.954. The highest BCUT2D eigenvalue weighted by Crippen LogP contribution is 2.39. The number of carboxylic acid groups (broad SMARTS) is 1. The zero-order valence-electron chi connectivity index (χ0n) is 53.8. The van der Waals surface area contributed by atoms with E-state index in [9.17, 15) is 75.7 Å². The van der Waals surface area contributed by atoms with Gasteiger partial charge in [0.25, 0.3) is 5.79 Å². The third kappa shape index (κ3) is 29.4. The molecule has 3 rings (SSSR count). The van der Waals surface area contributed by atoms with E-state index in [1.807, 2.05) is 0 Å². The molecule has 2 amide bonds. The van der Waals surface area contributed by atoms with Crippen LogP contribution in [0.1, 0.15) is 258 Å². The van der Waals surface area contributed by atoms with Crippen LogP contribution >= 0.6 is 0 Å². The van der Waals surface area contributed by atoms with E-state index < -0.39 is 148 Å². The highest BCUT2D eigenvalue weighted by Gasteiger charge is 2.60. The van der Waals surface area contributed by atoms with E-state index in [2.05, 4.69) is 24.5 Å². The van der Waals surface area contributed by atoms with Gasteiger partial charge in [-0.25, -0.2) is 4.79 Å². The normalized spacial score (nSPS) is 28.9. The molecule has 0 spiro atoms. The molecule has 0 bridgehead atoms. The summed E-state index contributed by atoms with van der Waals surface area (Å²) in [5.41, 5.74) is 0. The highest BCUT2D eigenvalue weighted by molar-refractivity contribution is 5.77. The standard InChI is InChI=1S/C65H122N2O21/c1-4-6-8-10-12-14-16-18-19-20-21-22-23-24-25-27-29-31-33-35-37-39-52(75)67-46(47(72)38-36-34-32-30-28-26-17-15-13-11-9-7-5-2)44-83-62-57(79)56(78)59(51(43-70)85-62)86-63-58(80)61(55(77)50(42-69)84-63)88-65(64(81)82)40-48(73)53(66-45(3)71)60(87-65)54(76)49(74)41-68/h46-51,53-63,68-70,72-74,76-80H,4-44H2,1-3H3,(H,66,71)(H,67,75)(H,81,82). The quantitative estimate of drug-likeness (QED) is 0.0323. The molecule has 3 fully saturated rings. The maximum absolute atomic E-state index is 13.5. The molecule has 23 nitrogen and oxygen atoms in total. The second-order valence-corrected chi connectivity index (χ2v) is 25.4. The van der Waals surface area contributed by atoms with Crippen molar-refractivity contribution in [2.24, 2.45) is 0 Å². The molecule has 0 aromatic heterocycles. The Morgan fingerprint density at radius 3 is 1.42 bits per heavy atom. The summed E-state index contributed by atoms with van der Waals surface area (Å²) >= 11 is 0. The predicted octanol–water partition coefficient (Wildman–Crippen LogP) is 5.73. The molecule has 3 aliphatic rings. The molecule has 0 radical (unpaired) electrons. The molecule has 3 heterocycles. The zero-order valence-corrected chi connectivity index (χ0v) is 53.8. The number of rotatable bonds is 52. The smallest absolute Gasteiger partial charge is 0.364 e. The van der Waals surface area contributed by atoms with E-state index in [-0.39, 0.29) is 18.9 Å². The molecule has 0 saturated carbocycles. The van der Waals surface area contributed by atoms with Crippen LogP contribution in [0.2, 0.25) is 0 Å². The van der Waals surface area contributed by atoms with Crippen LogP contribution in [0.15, 0.2) is 0 Å². The minimum absolute atomic E-state index is 0.229. The summed E-state index contributed by atoms with van der Waals surface area (Å²) in [4.78, 5) is 38.5. The number of aliphatic carboxylic acids is 1. The maximum Gasteiger partial charge on any atom is 0.364 e. The van der Waals surface area contributed by atoms with Gasteiger partial charge in [-0.2, -0.15) is 0 Å². The average Bonchev–Trinajstić information content (AvgIpc) is 0.825. The van der Waals surface area contributed by atoms with Crippen LogP contribution in [0.25, 0.3) is 0 Å². The number of carboxylic acids is 1. The Hall–Kier alpha value is -2.27. The van der Waals surface area contributed by atoms with Gasteiger partial charge in [-0.3, -0.25) is 9.59 Å². The maximum atomic E-state index is 13.5. The number of carbonyl (C=O) groups is 3. The van der Waals surface area contributed by atoms with E-state index in [0.717, 1.165) is 51.9 Å². The van der Waals surface area contributed by atoms with Gasteiger partial charge in [-0.1, -0.05) is 226 Å². The molecule has 14 N–H and O–H groups in total. The topological polar surface area (TPSA) is 373 Å². The first-order chi connectivity index (χ1) is 42.4. The number of carbonyl (C=O) groups excluding carboxylic acids is 2. The largest absolute Gasteiger partial charge is 0.477 e. The summed E-state index contributed by atoms with van der Waals surface area (Å²) < 4.78 is 34.8. The van der Waals surface area contributed by atoms with Crippen LogP contribution in [0.5, 0.6) is 0 Å². The number of aliphatic hydroxyl groups excluding tert-OH is 11. The molecule has 18 unspecified atom stereocenters. The molecule has 88 heavy (non-hydrogen) atoms. The van der Waals surface area contributed by atoms with Gasteiger partial charge in [0.05, 0.1) is 50.7 Å². The first kappa shape index (κ1) is 80.0. The molecule has 0 aliphatic carbocycles. The Bertz CT molecular complexity index is 1790. The first-order valence-corrected chi connectivity index (χ1v) is 34.4. The number of nitrogens with one attached hydrogen (secondary N) is 2.